The fraction of sp³-hybridized carbons (Fsp3) is 0.750. The predicted molar refractivity (Wildman–Crippen MR) is 41.2 cm³/mol. The van der Waals surface area contributed by atoms with Crippen LogP contribution in [-0.4, -0.2) is 22.4 Å². The quantitative estimate of drug-likeness (QED) is 0.564. The van der Waals surface area contributed by atoms with Crippen LogP contribution in [0.5, 0.6) is 0 Å². The highest BCUT2D eigenvalue weighted by atomic mass is 16.3. The minimum atomic E-state index is -0.457. The molecule has 2 nitrogen and oxygen atoms in total. The van der Waals surface area contributed by atoms with Crippen molar-refractivity contribution in [2.75, 3.05) is 0 Å². The van der Waals surface area contributed by atoms with Crippen molar-refractivity contribution in [2.24, 2.45) is 0 Å². The Balaban J connectivity index is 2.91. The minimum Gasteiger partial charge on any atom is -0.393 e. The van der Waals surface area contributed by atoms with Gasteiger partial charge in [-0.1, -0.05) is 12.8 Å². The van der Waals surface area contributed by atoms with E-state index in [-0.39, 0.29) is 0 Å². The number of rotatable bonds is 5. The van der Waals surface area contributed by atoms with Crippen LogP contribution in [0.4, 0.5) is 0 Å². The molecule has 0 aliphatic heterocycles. The van der Waals surface area contributed by atoms with E-state index >= 15 is 0 Å². The topological polar surface area (TPSA) is 40.5 Å². The van der Waals surface area contributed by atoms with Crippen molar-refractivity contribution in [1.82, 2.24) is 0 Å². The highest BCUT2D eigenvalue weighted by Gasteiger charge is 1.97. The number of unbranched alkanes of at least 4 members (excludes halogenated alkanes) is 1. The zero-order chi connectivity index (χ0) is 7.98. The second-order valence-electron chi connectivity index (χ2n) is 2.59. The predicted octanol–water partition coefficient (Wildman–Crippen LogP) is 0.937. The molecular formula is C8H16O2. The van der Waals surface area contributed by atoms with Gasteiger partial charge in [0.15, 0.2) is 0 Å². The van der Waals surface area contributed by atoms with Crippen molar-refractivity contribution < 1.29 is 10.2 Å². The standard InChI is InChI=1S/C8H16O2/c1-7(9)5-3-4-6-8(2)10/h7-10H,1-6H2. The summed E-state index contributed by atoms with van der Waals surface area (Å²) in [6, 6.07) is 0. The number of aliphatic hydroxyl groups is 2. The van der Waals surface area contributed by atoms with Gasteiger partial charge in [-0.25, -0.2) is 0 Å². The lowest BCUT2D eigenvalue weighted by atomic mass is 10.1. The maximum absolute atomic E-state index is 8.73. The van der Waals surface area contributed by atoms with Gasteiger partial charge in [-0.3, -0.25) is 0 Å². The van der Waals surface area contributed by atoms with Crippen molar-refractivity contribution >= 4 is 0 Å². The Morgan fingerprint density at radius 2 is 1.20 bits per heavy atom. The third-order valence-electron chi connectivity index (χ3n) is 1.32. The molecule has 2 heteroatoms. The molecule has 0 aliphatic rings. The molecule has 0 bridgehead atoms. The van der Waals surface area contributed by atoms with E-state index in [0.29, 0.717) is 12.8 Å². The normalized spacial score (nSPS) is 16.8. The first-order valence-corrected chi connectivity index (χ1v) is 3.65. The second kappa shape index (κ2) is 5.69. The highest BCUT2D eigenvalue weighted by molar-refractivity contribution is 4.60. The van der Waals surface area contributed by atoms with Crippen LogP contribution in [0.15, 0.2) is 0 Å². The molecule has 0 saturated heterocycles. The van der Waals surface area contributed by atoms with Gasteiger partial charge in [0, 0.05) is 0 Å². The van der Waals surface area contributed by atoms with E-state index in [4.69, 9.17) is 10.2 Å². The zero-order valence-electron chi connectivity index (χ0n) is 6.29. The van der Waals surface area contributed by atoms with Crippen LogP contribution in [0.2, 0.25) is 0 Å². The fourth-order valence-electron chi connectivity index (χ4n) is 0.760. The van der Waals surface area contributed by atoms with Gasteiger partial charge < -0.3 is 10.2 Å². The molecule has 0 aliphatic carbocycles. The molecule has 0 aromatic rings. The maximum Gasteiger partial charge on any atom is 0.0541 e. The van der Waals surface area contributed by atoms with E-state index < -0.39 is 12.2 Å². The van der Waals surface area contributed by atoms with Gasteiger partial charge in [0.05, 0.1) is 12.2 Å². The highest BCUT2D eigenvalue weighted by Crippen LogP contribution is 2.04. The van der Waals surface area contributed by atoms with Crippen molar-refractivity contribution in [2.45, 2.75) is 37.9 Å². The smallest absolute Gasteiger partial charge is 0.0541 e. The van der Waals surface area contributed by atoms with Crippen LogP contribution in [0.3, 0.4) is 0 Å². The molecule has 0 rings (SSSR count). The zero-order valence-corrected chi connectivity index (χ0v) is 6.29. The SMILES string of the molecule is [CH2]C(O)CCCCC([CH2])O. The average Bonchev–Trinajstić information content (AvgIpc) is 1.79. The van der Waals surface area contributed by atoms with E-state index in [1.165, 1.54) is 0 Å². The lowest BCUT2D eigenvalue weighted by Gasteiger charge is -2.04. The molecule has 0 saturated carbocycles. The summed E-state index contributed by atoms with van der Waals surface area (Å²) in [4.78, 5) is 0. The van der Waals surface area contributed by atoms with Crippen molar-refractivity contribution in [1.29, 1.82) is 0 Å². The molecule has 60 valence electrons. The van der Waals surface area contributed by atoms with E-state index in [9.17, 15) is 0 Å². The summed E-state index contributed by atoms with van der Waals surface area (Å²) >= 11 is 0. The summed E-state index contributed by atoms with van der Waals surface area (Å²) in [6.45, 7) is 6.87. The minimum absolute atomic E-state index is 0.457. The summed E-state index contributed by atoms with van der Waals surface area (Å²) in [5.74, 6) is 0. The summed E-state index contributed by atoms with van der Waals surface area (Å²) in [7, 11) is 0. The lowest BCUT2D eigenvalue weighted by molar-refractivity contribution is 0.188. The molecule has 0 aromatic carbocycles. The van der Waals surface area contributed by atoms with Gasteiger partial charge in [-0.05, 0) is 26.7 Å². The molecule has 2 atom stereocenters. The van der Waals surface area contributed by atoms with Gasteiger partial charge >= 0.3 is 0 Å². The largest absolute Gasteiger partial charge is 0.393 e. The van der Waals surface area contributed by atoms with Crippen LogP contribution in [0.1, 0.15) is 25.7 Å². The summed E-state index contributed by atoms with van der Waals surface area (Å²) in [5.41, 5.74) is 0. The van der Waals surface area contributed by atoms with Crippen molar-refractivity contribution in [3.63, 3.8) is 0 Å². The van der Waals surface area contributed by atoms with E-state index in [1.54, 1.807) is 0 Å². The molecule has 0 aromatic heterocycles. The van der Waals surface area contributed by atoms with Crippen LogP contribution < -0.4 is 0 Å². The van der Waals surface area contributed by atoms with E-state index in [1.807, 2.05) is 0 Å². The Hall–Kier alpha value is -0.0800. The number of hydrogen-bond donors (Lipinski definition) is 2. The molecule has 0 amide bonds. The van der Waals surface area contributed by atoms with Crippen molar-refractivity contribution in [3.05, 3.63) is 13.8 Å². The first-order chi connectivity index (χ1) is 4.63. The molecule has 2 radical (unpaired) electrons. The molecule has 2 unspecified atom stereocenters. The van der Waals surface area contributed by atoms with E-state index in [2.05, 4.69) is 13.8 Å². The maximum atomic E-state index is 8.73. The van der Waals surface area contributed by atoms with Gasteiger partial charge in [0.2, 0.25) is 0 Å². The van der Waals surface area contributed by atoms with Gasteiger partial charge in [0.25, 0.3) is 0 Å². The fourth-order valence-corrected chi connectivity index (χ4v) is 0.760. The molecule has 2 N–H and O–H groups in total. The third kappa shape index (κ3) is 7.92. The Bertz CT molecular complexity index is 59.7. The molecule has 0 spiro atoms. The monoisotopic (exact) mass is 144 g/mol. The van der Waals surface area contributed by atoms with Gasteiger partial charge in [0.1, 0.15) is 0 Å². The number of aliphatic hydroxyl groups excluding tert-OH is 2. The van der Waals surface area contributed by atoms with Crippen molar-refractivity contribution in [3.8, 4) is 0 Å². The first-order valence-electron chi connectivity index (χ1n) is 3.65. The van der Waals surface area contributed by atoms with Gasteiger partial charge in [-0.15, -0.1) is 0 Å². The van der Waals surface area contributed by atoms with Crippen LogP contribution in [0, 0.1) is 13.8 Å². The molecule has 0 fully saturated rings. The Kier molecular flexibility index (Phi) is 5.64. The summed E-state index contributed by atoms with van der Waals surface area (Å²) in [6.07, 6.45) is 2.34. The molecule has 10 heavy (non-hydrogen) atoms. The van der Waals surface area contributed by atoms with E-state index in [0.717, 1.165) is 12.8 Å². The Morgan fingerprint density at radius 1 is 0.900 bits per heavy atom. The summed E-state index contributed by atoms with van der Waals surface area (Å²) in [5, 5.41) is 17.5. The van der Waals surface area contributed by atoms with Crippen LogP contribution in [-0.2, 0) is 0 Å². The number of hydrogen-bond acceptors (Lipinski definition) is 2. The average molecular weight is 144 g/mol. The second-order valence-corrected chi connectivity index (χ2v) is 2.59. The van der Waals surface area contributed by atoms with Crippen LogP contribution >= 0.6 is 0 Å². The Labute approximate surface area is 62.9 Å². The summed E-state index contributed by atoms with van der Waals surface area (Å²) < 4.78 is 0. The molecular weight excluding hydrogens is 128 g/mol. The lowest BCUT2D eigenvalue weighted by Crippen LogP contribution is -2.02. The van der Waals surface area contributed by atoms with Crippen LogP contribution in [0.25, 0.3) is 0 Å². The van der Waals surface area contributed by atoms with Gasteiger partial charge in [-0.2, -0.15) is 0 Å². The molecule has 0 heterocycles. The Morgan fingerprint density at radius 3 is 1.40 bits per heavy atom. The third-order valence-corrected chi connectivity index (χ3v) is 1.32. The first kappa shape index (κ1) is 9.92.